The molecule has 3 rings (SSSR count). The highest BCUT2D eigenvalue weighted by atomic mass is 16.1. The first kappa shape index (κ1) is 10.8. The predicted octanol–water partition coefficient (Wildman–Crippen LogP) is 1.55. The highest BCUT2D eigenvalue weighted by Crippen LogP contribution is 2.31. The van der Waals surface area contributed by atoms with E-state index in [-0.39, 0.29) is 5.91 Å². The van der Waals surface area contributed by atoms with Gasteiger partial charge in [-0.05, 0) is 29.7 Å². The van der Waals surface area contributed by atoms with Gasteiger partial charge in [0.05, 0.1) is 6.20 Å². The van der Waals surface area contributed by atoms with Crippen molar-refractivity contribution in [3.05, 3.63) is 30.0 Å². The first-order valence-corrected chi connectivity index (χ1v) is 5.86. The van der Waals surface area contributed by atoms with Crippen LogP contribution in [0.2, 0.25) is 0 Å². The van der Waals surface area contributed by atoms with E-state index in [4.69, 9.17) is 5.73 Å². The molecule has 0 unspecified atom stereocenters. The third-order valence-electron chi connectivity index (χ3n) is 3.30. The van der Waals surface area contributed by atoms with E-state index < -0.39 is 0 Å². The van der Waals surface area contributed by atoms with Gasteiger partial charge in [0.25, 0.3) is 0 Å². The summed E-state index contributed by atoms with van der Waals surface area (Å²) in [6.07, 6.45) is 3.08. The first-order chi connectivity index (χ1) is 8.65. The van der Waals surface area contributed by atoms with Crippen LogP contribution in [0.5, 0.6) is 0 Å². The summed E-state index contributed by atoms with van der Waals surface area (Å²) >= 11 is 0. The predicted molar refractivity (Wildman–Crippen MR) is 70.0 cm³/mol. The molecule has 0 atom stereocenters. The standard InChI is InChI=1S/C13H14N4O/c1-17-13(14)10(7-15-17)8-2-4-11-9(6-8)3-5-12(18)16-11/h2,4,6-7H,3,5,14H2,1H3,(H,16,18). The number of benzene rings is 1. The van der Waals surface area contributed by atoms with Crippen LogP contribution in [-0.2, 0) is 18.3 Å². The van der Waals surface area contributed by atoms with Crippen molar-refractivity contribution in [2.75, 3.05) is 11.1 Å². The lowest BCUT2D eigenvalue weighted by Crippen LogP contribution is -2.18. The first-order valence-electron chi connectivity index (χ1n) is 5.86. The molecule has 5 nitrogen and oxygen atoms in total. The zero-order valence-corrected chi connectivity index (χ0v) is 10.1. The minimum atomic E-state index is 0.0798. The molecule has 2 aromatic rings. The summed E-state index contributed by atoms with van der Waals surface area (Å²) in [5.41, 5.74) is 9.98. The van der Waals surface area contributed by atoms with Gasteiger partial charge in [-0.2, -0.15) is 5.10 Å². The number of aromatic nitrogens is 2. The second-order valence-electron chi connectivity index (χ2n) is 4.49. The molecule has 0 fully saturated rings. The lowest BCUT2D eigenvalue weighted by atomic mass is 9.98. The summed E-state index contributed by atoms with van der Waals surface area (Å²) in [6.45, 7) is 0. The fourth-order valence-corrected chi connectivity index (χ4v) is 2.22. The lowest BCUT2D eigenvalue weighted by molar-refractivity contribution is -0.116. The molecule has 0 saturated carbocycles. The van der Waals surface area contributed by atoms with E-state index in [0.29, 0.717) is 12.2 Å². The van der Waals surface area contributed by atoms with Crippen LogP contribution in [0.25, 0.3) is 11.1 Å². The summed E-state index contributed by atoms with van der Waals surface area (Å²) in [5.74, 6) is 0.728. The van der Waals surface area contributed by atoms with Crippen molar-refractivity contribution in [2.24, 2.45) is 7.05 Å². The Morgan fingerprint density at radius 3 is 2.94 bits per heavy atom. The molecule has 1 aromatic heterocycles. The van der Waals surface area contributed by atoms with Gasteiger partial charge in [0, 0.05) is 24.7 Å². The van der Waals surface area contributed by atoms with Gasteiger partial charge in [0.2, 0.25) is 5.91 Å². The van der Waals surface area contributed by atoms with Crippen molar-refractivity contribution in [1.82, 2.24) is 9.78 Å². The Morgan fingerprint density at radius 1 is 1.39 bits per heavy atom. The number of carbonyl (C=O) groups excluding carboxylic acids is 1. The van der Waals surface area contributed by atoms with Crippen LogP contribution in [-0.4, -0.2) is 15.7 Å². The Morgan fingerprint density at radius 2 is 2.22 bits per heavy atom. The molecule has 0 radical (unpaired) electrons. The fraction of sp³-hybridized carbons (Fsp3) is 0.231. The topological polar surface area (TPSA) is 72.9 Å². The molecular formula is C13H14N4O. The van der Waals surface area contributed by atoms with Crippen molar-refractivity contribution in [1.29, 1.82) is 0 Å². The van der Waals surface area contributed by atoms with Gasteiger partial charge < -0.3 is 11.1 Å². The maximum atomic E-state index is 11.3. The van der Waals surface area contributed by atoms with E-state index in [0.717, 1.165) is 28.8 Å². The van der Waals surface area contributed by atoms with E-state index >= 15 is 0 Å². The summed E-state index contributed by atoms with van der Waals surface area (Å²) in [6, 6.07) is 5.95. The number of nitrogens with one attached hydrogen (secondary N) is 1. The third-order valence-corrected chi connectivity index (χ3v) is 3.30. The average molecular weight is 242 g/mol. The van der Waals surface area contributed by atoms with Crippen molar-refractivity contribution in [3.63, 3.8) is 0 Å². The molecule has 1 aromatic carbocycles. The molecule has 2 heterocycles. The zero-order valence-electron chi connectivity index (χ0n) is 10.1. The van der Waals surface area contributed by atoms with Gasteiger partial charge in [0.1, 0.15) is 5.82 Å². The fourth-order valence-electron chi connectivity index (χ4n) is 2.22. The number of nitrogens with two attached hydrogens (primary N) is 1. The lowest BCUT2D eigenvalue weighted by Gasteiger charge is -2.17. The molecule has 1 aliphatic heterocycles. The maximum Gasteiger partial charge on any atom is 0.224 e. The molecule has 1 amide bonds. The van der Waals surface area contributed by atoms with Crippen LogP contribution in [0, 0.1) is 0 Å². The number of rotatable bonds is 1. The number of aryl methyl sites for hydroxylation is 2. The smallest absolute Gasteiger partial charge is 0.224 e. The molecule has 92 valence electrons. The van der Waals surface area contributed by atoms with Crippen LogP contribution >= 0.6 is 0 Å². The number of carbonyl (C=O) groups is 1. The Kier molecular flexibility index (Phi) is 2.33. The zero-order chi connectivity index (χ0) is 12.7. The van der Waals surface area contributed by atoms with E-state index in [1.54, 1.807) is 10.9 Å². The molecule has 0 saturated heterocycles. The highest BCUT2D eigenvalue weighted by molar-refractivity contribution is 5.94. The van der Waals surface area contributed by atoms with Crippen LogP contribution in [0.1, 0.15) is 12.0 Å². The van der Waals surface area contributed by atoms with Gasteiger partial charge in [-0.15, -0.1) is 0 Å². The minimum Gasteiger partial charge on any atom is -0.383 e. The van der Waals surface area contributed by atoms with E-state index in [9.17, 15) is 4.79 Å². The second-order valence-corrected chi connectivity index (χ2v) is 4.49. The van der Waals surface area contributed by atoms with Crippen LogP contribution < -0.4 is 11.1 Å². The molecule has 1 aliphatic rings. The molecule has 3 N–H and O–H groups in total. The molecule has 0 bridgehead atoms. The Labute approximate surface area is 105 Å². The molecular weight excluding hydrogens is 228 g/mol. The van der Waals surface area contributed by atoms with Gasteiger partial charge in [-0.25, -0.2) is 0 Å². The van der Waals surface area contributed by atoms with Crippen LogP contribution in [0.4, 0.5) is 11.5 Å². The molecule has 5 heteroatoms. The molecule has 0 aliphatic carbocycles. The van der Waals surface area contributed by atoms with Crippen molar-refractivity contribution >= 4 is 17.4 Å². The summed E-state index contributed by atoms with van der Waals surface area (Å²) in [7, 11) is 1.82. The van der Waals surface area contributed by atoms with Crippen LogP contribution in [0.15, 0.2) is 24.4 Å². The Balaban J connectivity index is 2.05. The van der Waals surface area contributed by atoms with Crippen molar-refractivity contribution < 1.29 is 4.79 Å². The minimum absolute atomic E-state index is 0.0798. The van der Waals surface area contributed by atoms with Gasteiger partial charge in [-0.1, -0.05) is 6.07 Å². The van der Waals surface area contributed by atoms with Crippen molar-refractivity contribution in [2.45, 2.75) is 12.8 Å². The monoisotopic (exact) mass is 242 g/mol. The third kappa shape index (κ3) is 1.64. The van der Waals surface area contributed by atoms with Gasteiger partial charge >= 0.3 is 0 Å². The summed E-state index contributed by atoms with van der Waals surface area (Å²) < 4.78 is 1.65. The van der Waals surface area contributed by atoms with Gasteiger partial charge in [0.15, 0.2) is 0 Å². The SMILES string of the molecule is Cn1ncc(-c2ccc3c(c2)CCC(=O)N3)c1N. The summed E-state index contributed by atoms with van der Waals surface area (Å²) in [4.78, 5) is 11.3. The van der Waals surface area contributed by atoms with Crippen molar-refractivity contribution in [3.8, 4) is 11.1 Å². The normalized spacial score (nSPS) is 14.2. The van der Waals surface area contributed by atoms with E-state index in [2.05, 4.69) is 16.5 Å². The number of hydrogen-bond acceptors (Lipinski definition) is 3. The Bertz CT molecular complexity index is 630. The number of nitrogen functional groups attached to an aromatic ring is 1. The number of nitrogens with zero attached hydrogens (tertiary/aromatic N) is 2. The number of amides is 1. The number of fused-ring (bicyclic) bond motifs is 1. The Hall–Kier alpha value is -2.30. The van der Waals surface area contributed by atoms with E-state index in [1.165, 1.54) is 0 Å². The molecule has 18 heavy (non-hydrogen) atoms. The largest absolute Gasteiger partial charge is 0.383 e. The molecule has 0 spiro atoms. The maximum absolute atomic E-state index is 11.3. The average Bonchev–Trinajstić information content (AvgIpc) is 2.69. The van der Waals surface area contributed by atoms with Crippen LogP contribution in [0.3, 0.4) is 0 Å². The quantitative estimate of drug-likeness (QED) is 0.797. The van der Waals surface area contributed by atoms with Gasteiger partial charge in [-0.3, -0.25) is 9.48 Å². The number of anilines is 2. The van der Waals surface area contributed by atoms with E-state index in [1.807, 2.05) is 19.2 Å². The highest BCUT2D eigenvalue weighted by Gasteiger charge is 2.16. The number of hydrogen-bond donors (Lipinski definition) is 2. The second kappa shape index (κ2) is 3.87. The summed E-state index contributed by atoms with van der Waals surface area (Å²) in [5, 5.41) is 7.01.